The summed E-state index contributed by atoms with van der Waals surface area (Å²) in [5, 5.41) is 14.8. The maximum atomic E-state index is 11.7. The maximum Gasteiger partial charge on any atom is 0.311 e. The molecule has 0 aliphatic rings. The Hall–Kier alpha value is -2.74. The number of hydrogen-bond acceptors (Lipinski definition) is 5. The fraction of sp³-hybridized carbons (Fsp3) is 0.125. The Labute approximate surface area is 146 Å². The number of nitrogens with zero attached hydrogens (tertiary/aromatic N) is 2. The molecule has 0 saturated heterocycles. The molecule has 0 fully saturated rings. The molecule has 2 aromatic rings. The van der Waals surface area contributed by atoms with Crippen molar-refractivity contribution in [2.45, 2.75) is 6.92 Å². The molecule has 0 spiro atoms. The summed E-state index contributed by atoms with van der Waals surface area (Å²) in [5.41, 5.74) is 3.67. The summed E-state index contributed by atoms with van der Waals surface area (Å²) in [6, 6.07) is 11.9. The number of nitro benzene ring substituents is 1. The first-order chi connectivity index (χ1) is 11.5. The van der Waals surface area contributed by atoms with Gasteiger partial charge in [-0.25, -0.2) is 5.43 Å². The second-order valence-electron chi connectivity index (χ2n) is 4.86. The van der Waals surface area contributed by atoms with Crippen LogP contribution < -0.4 is 10.2 Å². The van der Waals surface area contributed by atoms with Crippen molar-refractivity contribution in [1.82, 2.24) is 5.43 Å². The van der Waals surface area contributed by atoms with E-state index in [4.69, 9.17) is 4.74 Å². The van der Waals surface area contributed by atoms with Crippen LogP contribution in [0, 0.1) is 17.0 Å². The standard InChI is InChI=1S/C16H14BrN3O4/c1-11-2-7-15(14(8-11)20(22)23)24-10-16(21)19-18-9-12-3-5-13(17)6-4-12/h2-9H,10H2,1H3,(H,19,21). The normalized spacial score (nSPS) is 10.6. The zero-order valence-electron chi connectivity index (χ0n) is 12.7. The van der Waals surface area contributed by atoms with Crippen molar-refractivity contribution >= 4 is 33.7 Å². The lowest BCUT2D eigenvalue weighted by molar-refractivity contribution is -0.385. The van der Waals surface area contributed by atoms with E-state index < -0.39 is 10.8 Å². The van der Waals surface area contributed by atoms with E-state index in [1.807, 2.05) is 24.3 Å². The molecule has 24 heavy (non-hydrogen) atoms. The predicted octanol–water partition coefficient (Wildman–Crippen LogP) is 3.19. The SMILES string of the molecule is Cc1ccc(OCC(=O)NN=Cc2ccc(Br)cc2)c([N+](=O)[O-])c1. The molecule has 8 heteroatoms. The summed E-state index contributed by atoms with van der Waals surface area (Å²) in [7, 11) is 0. The first-order valence-electron chi connectivity index (χ1n) is 6.91. The van der Waals surface area contributed by atoms with Gasteiger partial charge in [0.25, 0.3) is 5.91 Å². The fourth-order valence-electron chi connectivity index (χ4n) is 1.80. The number of carbonyl (C=O) groups excluding carboxylic acids is 1. The zero-order valence-corrected chi connectivity index (χ0v) is 14.3. The molecule has 1 amide bonds. The van der Waals surface area contributed by atoms with Crippen LogP contribution in [-0.2, 0) is 4.79 Å². The van der Waals surface area contributed by atoms with Gasteiger partial charge in [0.15, 0.2) is 12.4 Å². The highest BCUT2D eigenvalue weighted by atomic mass is 79.9. The van der Waals surface area contributed by atoms with Crippen LogP contribution in [-0.4, -0.2) is 23.7 Å². The number of nitrogens with one attached hydrogen (secondary N) is 1. The third kappa shape index (κ3) is 5.17. The summed E-state index contributed by atoms with van der Waals surface area (Å²) in [5.74, 6) is -0.476. The van der Waals surface area contributed by atoms with E-state index in [0.29, 0.717) is 0 Å². The lowest BCUT2D eigenvalue weighted by Gasteiger charge is -2.06. The van der Waals surface area contributed by atoms with Crippen molar-refractivity contribution in [1.29, 1.82) is 0 Å². The van der Waals surface area contributed by atoms with Gasteiger partial charge in [0.2, 0.25) is 0 Å². The summed E-state index contributed by atoms with van der Waals surface area (Å²) in [6.07, 6.45) is 1.48. The molecule has 0 heterocycles. The Morgan fingerprint density at radius 3 is 2.71 bits per heavy atom. The van der Waals surface area contributed by atoms with Gasteiger partial charge in [0.05, 0.1) is 11.1 Å². The number of ether oxygens (including phenoxy) is 1. The van der Waals surface area contributed by atoms with Crippen LogP contribution >= 0.6 is 15.9 Å². The second-order valence-corrected chi connectivity index (χ2v) is 5.78. The van der Waals surface area contributed by atoms with E-state index in [1.165, 1.54) is 18.3 Å². The van der Waals surface area contributed by atoms with E-state index in [1.54, 1.807) is 13.0 Å². The van der Waals surface area contributed by atoms with Gasteiger partial charge in [-0.1, -0.05) is 34.1 Å². The summed E-state index contributed by atoms with van der Waals surface area (Å²) in [6.45, 7) is 1.36. The topological polar surface area (TPSA) is 93.8 Å². The summed E-state index contributed by atoms with van der Waals surface area (Å²) < 4.78 is 6.14. The van der Waals surface area contributed by atoms with Gasteiger partial charge < -0.3 is 4.74 Å². The highest BCUT2D eigenvalue weighted by molar-refractivity contribution is 9.10. The van der Waals surface area contributed by atoms with E-state index in [0.717, 1.165) is 15.6 Å². The molecule has 2 rings (SSSR count). The largest absolute Gasteiger partial charge is 0.477 e. The number of nitro groups is 1. The second kappa shape index (κ2) is 8.21. The number of rotatable bonds is 6. The van der Waals surface area contributed by atoms with E-state index in [2.05, 4.69) is 26.5 Å². The molecule has 0 aliphatic carbocycles. The molecule has 0 radical (unpaired) electrons. The van der Waals surface area contributed by atoms with E-state index in [-0.39, 0.29) is 18.0 Å². The van der Waals surface area contributed by atoms with Crippen LogP contribution in [0.3, 0.4) is 0 Å². The van der Waals surface area contributed by atoms with Crippen LogP contribution in [0.5, 0.6) is 5.75 Å². The minimum atomic E-state index is -0.550. The van der Waals surface area contributed by atoms with Gasteiger partial charge >= 0.3 is 5.69 Å². The maximum absolute atomic E-state index is 11.7. The molecule has 124 valence electrons. The van der Waals surface area contributed by atoms with Crippen LogP contribution in [0.15, 0.2) is 52.0 Å². The van der Waals surface area contributed by atoms with Crippen molar-refractivity contribution in [3.05, 3.63) is 68.2 Å². The van der Waals surface area contributed by atoms with Gasteiger partial charge in [-0.05, 0) is 36.2 Å². The zero-order chi connectivity index (χ0) is 17.5. The minimum absolute atomic E-state index is 0.0395. The number of carbonyl (C=O) groups is 1. The monoisotopic (exact) mass is 391 g/mol. The first kappa shape index (κ1) is 17.6. The molecule has 1 N–H and O–H groups in total. The van der Waals surface area contributed by atoms with Gasteiger partial charge in [0.1, 0.15) is 0 Å². The van der Waals surface area contributed by atoms with Crippen molar-refractivity contribution < 1.29 is 14.5 Å². The lowest BCUT2D eigenvalue weighted by atomic mass is 10.2. The molecule has 2 aromatic carbocycles. The molecule has 0 aromatic heterocycles. The van der Waals surface area contributed by atoms with Crippen molar-refractivity contribution in [2.75, 3.05) is 6.61 Å². The molecule has 0 unspecified atom stereocenters. The molecule has 7 nitrogen and oxygen atoms in total. The third-order valence-electron chi connectivity index (χ3n) is 2.94. The molecule has 0 atom stereocenters. The van der Waals surface area contributed by atoms with Crippen LogP contribution in [0.25, 0.3) is 0 Å². The highest BCUT2D eigenvalue weighted by Crippen LogP contribution is 2.27. The average molecular weight is 392 g/mol. The molecular weight excluding hydrogens is 378 g/mol. The highest BCUT2D eigenvalue weighted by Gasteiger charge is 2.16. The summed E-state index contributed by atoms with van der Waals surface area (Å²) >= 11 is 3.32. The Morgan fingerprint density at radius 1 is 1.33 bits per heavy atom. The van der Waals surface area contributed by atoms with E-state index in [9.17, 15) is 14.9 Å². The molecular formula is C16H14BrN3O4. The Morgan fingerprint density at radius 2 is 2.04 bits per heavy atom. The third-order valence-corrected chi connectivity index (χ3v) is 3.47. The number of amides is 1. The fourth-order valence-corrected chi connectivity index (χ4v) is 2.06. The number of hydrogen-bond donors (Lipinski definition) is 1. The predicted molar refractivity (Wildman–Crippen MR) is 93.2 cm³/mol. The van der Waals surface area contributed by atoms with Gasteiger partial charge in [-0.15, -0.1) is 0 Å². The van der Waals surface area contributed by atoms with Crippen molar-refractivity contribution in [2.24, 2.45) is 5.10 Å². The summed E-state index contributed by atoms with van der Waals surface area (Å²) in [4.78, 5) is 22.1. The van der Waals surface area contributed by atoms with Crippen LogP contribution in [0.1, 0.15) is 11.1 Å². The number of aryl methyl sites for hydroxylation is 1. The van der Waals surface area contributed by atoms with Gasteiger partial charge in [-0.3, -0.25) is 14.9 Å². The number of halogens is 1. The van der Waals surface area contributed by atoms with Crippen molar-refractivity contribution in [3.8, 4) is 5.75 Å². The van der Waals surface area contributed by atoms with Crippen LogP contribution in [0.4, 0.5) is 5.69 Å². The van der Waals surface area contributed by atoms with Gasteiger partial charge in [0, 0.05) is 10.5 Å². The first-order valence-corrected chi connectivity index (χ1v) is 7.70. The van der Waals surface area contributed by atoms with Gasteiger partial charge in [-0.2, -0.15) is 5.10 Å². The van der Waals surface area contributed by atoms with E-state index >= 15 is 0 Å². The minimum Gasteiger partial charge on any atom is -0.477 e. The number of hydrazone groups is 1. The average Bonchev–Trinajstić information content (AvgIpc) is 2.55. The molecule has 0 saturated carbocycles. The molecule has 0 aliphatic heterocycles. The van der Waals surface area contributed by atoms with Crippen LogP contribution in [0.2, 0.25) is 0 Å². The molecule has 0 bridgehead atoms. The Bertz CT molecular complexity index is 775. The Kier molecular flexibility index (Phi) is 6.02. The lowest BCUT2D eigenvalue weighted by Crippen LogP contribution is -2.24. The quantitative estimate of drug-likeness (QED) is 0.464. The Balaban J connectivity index is 1.89. The smallest absolute Gasteiger partial charge is 0.311 e. The van der Waals surface area contributed by atoms with Crippen molar-refractivity contribution in [3.63, 3.8) is 0 Å². The number of benzene rings is 2.